The number of nitrogens with one attached hydrogen (secondary N) is 1. The number of hydrogen-bond acceptors (Lipinski definition) is 4. The van der Waals surface area contributed by atoms with Crippen LogP contribution in [0.4, 0.5) is 5.69 Å². The van der Waals surface area contributed by atoms with E-state index in [2.05, 4.69) is 17.4 Å². The lowest BCUT2D eigenvalue weighted by molar-refractivity contribution is -0.123. The SMILES string of the molecule is COc1ccc(OC)c(NC(=O)C2CCc3ccc(C)cc3O2)c1. The second kappa shape index (κ2) is 6.83. The van der Waals surface area contributed by atoms with Gasteiger partial charge in [0, 0.05) is 6.07 Å². The molecule has 1 unspecified atom stereocenters. The first kappa shape index (κ1) is 16.2. The molecule has 2 aromatic rings. The van der Waals surface area contributed by atoms with Gasteiger partial charge in [-0.2, -0.15) is 0 Å². The Labute approximate surface area is 141 Å². The van der Waals surface area contributed by atoms with E-state index >= 15 is 0 Å². The summed E-state index contributed by atoms with van der Waals surface area (Å²) in [4.78, 5) is 12.6. The number of carbonyl (C=O) groups is 1. The van der Waals surface area contributed by atoms with Crippen LogP contribution in [0.1, 0.15) is 17.5 Å². The van der Waals surface area contributed by atoms with Gasteiger partial charge in [0.1, 0.15) is 17.2 Å². The molecule has 1 atom stereocenters. The third-order valence-corrected chi connectivity index (χ3v) is 4.12. The van der Waals surface area contributed by atoms with E-state index in [-0.39, 0.29) is 5.91 Å². The molecule has 0 aromatic heterocycles. The molecule has 0 aliphatic carbocycles. The maximum absolute atomic E-state index is 12.6. The van der Waals surface area contributed by atoms with Crippen molar-refractivity contribution < 1.29 is 19.0 Å². The van der Waals surface area contributed by atoms with Gasteiger partial charge in [-0.1, -0.05) is 12.1 Å². The lowest BCUT2D eigenvalue weighted by atomic mass is 10.0. The van der Waals surface area contributed by atoms with E-state index in [0.29, 0.717) is 23.6 Å². The summed E-state index contributed by atoms with van der Waals surface area (Å²) in [6.45, 7) is 2.01. The normalized spacial score (nSPS) is 15.9. The number of hydrogen-bond donors (Lipinski definition) is 1. The first-order chi connectivity index (χ1) is 11.6. The fraction of sp³-hybridized carbons (Fsp3) is 0.316. The van der Waals surface area contributed by atoms with Crippen LogP contribution in [0.5, 0.6) is 17.2 Å². The van der Waals surface area contributed by atoms with Crippen molar-refractivity contribution in [3.05, 3.63) is 47.5 Å². The third kappa shape index (κ3) is 3.30. The fourth-order valence-corrected chi connectivity index (χ4v) is 2.79. The molecule has 5 heteroatoms. The molecule has 126 valence electrons. The molecule has 2 aromatic carbocycles. The van der Waals surface area contributed by atoms with E-state index in [0.717, 1.165) is 23.3 Å². The zero-order valence-electron chi connectivity index (χ0n) is 14.1. The van der Waals surface area contributed by atoms with Gasteiger partial charge in [-0.25, -0.2) is 0 Å². The smallest absolute Gasteiger partial charge is 0.265 e. The summed E-state index contributed by atoms with van der Waals surface area (Å²) in [6, 6.07) is 11.4. The summed E-state index contributed by atoms with van der Waals surface area (Å²) in [5, 5.41) is 2.88. The number of aryl methyl sites for hydroxylation is 2. The summed E-state index contributed by atoms with van der Waals surface area (Å²) in [5.74, 6) is 1.83. The Kier molecular flexibility index (Phi) is 4.60. The minimum Gasteiger partial charge on any atom is -0.497 e. The van der Waals surface area contributed by atoms with E-state index in [1.807, 2.05) is 13.0 Å². The van der Waals surface area contributed by atoms with Crippen LogP contribution in [0.2, 0.25) is 0 Å². The highest BCUT2D eigenvalue weighted by Gasteiger charge is 2.27. The van der Waals surface area contributed by atoms with E-state index in [1.54, 1.807) is 32.4 Å². The summed E-state index contributed by atoms with van der Waals surface area (Å²) in [6.07, 6.45) is 0.951. The molecule has 0 saturated heterocycles. The van der Waals surface area contributed by atoms with Crippen molar-refractivity contribution in [3.8, 4) is 17.2 Å². The Morgan fingerprint density at radius 2 is 2.00 bits per heavy atom. The highest BCUT2D eigenvalue weighted by molar-refractivity contribution is 5.96. The molecular weight excluding hydrogens is 306 g/mol. The monoisotopic (exact) mass is 327 g/mol. The van der Waals surface area contributed by atoms with Crippen molar-refractivity contribution in [1.82, 2.24) is 0 Å². The molecule has 0 saturated carbocycles. The van der Waals surface area contributed by atoms with E-state index < -0.39 is 6.10 Å². The molecule has 1 aliphatic rings. The van der Waals surface area contributed by atoms with Crippen LogP contribution in [0.3, 0.4) is 0 Å². The third-order valence-electron chi connectivity index (χ3n) is 4.12. The Morgan fingerprint density at radius 3 is 2.75 bits per heavy atom. The highest BCUT2D eigenvalue weighted by atomic mass is 16.5. The fourth-order valence-electron chi connectivity index (χ4n) is 2.79. The molecule has 3 rings (SSSR count). The van der Waals surface area contributed by atoms with Gasteiger partial charge in [-0.15, -0.1) is 0 Å². The lowest BCUT2D eigenvalue weighted by Gasteiger charge is -2.26. The predicted molar refractivity (Wildman–Crippen MR) is 92.1 cm³/mol. The number of anilines is 1. The van der Waals surface area contributed by atoms with Gasteiger partial charge >= 0.3 is 0 Å². The summed E-state index contributed by atoms with van der Waals surface area (Å²) < 4.78 is 16.4. The molecule has 1 heterocycles. The van der Waals surface area contributed by atoms with Gasteiger partial charge in [0.2, 0.25) is 0 Å². The van der Waals surface area contributed by atoms with Crippen LogP contribution >= 0.6 is 0 Å². The zero-order valence-corrected chi connectivity index (χ0v) is 14.1. The van der Waals surface area contributed by atoms with Crippen LogP contribution in [-0.2, 0) is 11.2 Å². The van der Waals surface area contributed by atoms with E-state index in [1.165, 1.54) is 0 Å². The quantitative estimate of drug-likeness (QED) is 0.936. The Balaban J connectivity index is 1.76. The minimum atomic E-state index is -0.518. The molecule has 24 heavy (non-hydrogen) atoms. The van der Waals surface area contributed by atoms with E-state index in [9.17, 15) is 4.79 Å². The largest absolute Gasteiger partial charge is 0.497 e. The molecule has 0 bridgehead atoms. The average Bonchev–Trinajstić information content (AvgIpc) is 2.60. The van der Waals surface area contributed by atoms with Crippen LogP contribution < -0.4 is 19.5 Å². The number of methoxy groups -OCH3 is 2. The number of amides is 1. The van der Waals surface area contributed by atoms with Gasteiger partial charge < -0.3 is 19.5 Å². The molecule has 0 fully saturated rings. The van der Waals surface area contributed by atoms with Crippen molar-refractivity contribution in [2.45, 2.75) is 25.9 Å². The van der Waals surface area contributed by atoms with Crippen LogP contribution in [0.15, 0.2) is 36.4 Å². The number of ether oxygens (including phenoxy) is 3. The number of fused-ring (bicyclic) bond motifs is 1. The van der Waals surface area contributed by atoms with Crippen molar-refractivity contribution in [3.63, 3.8) is 0 Å². The van der Waals surface area contributed by atoms with Crippen LogP contribution in [-0.4, -0.2) is 26.2 Å². The first-order valence-corrected chi connectivity index (χ1v) is 7.90. The van der Waals surface area contributed by atoms with Crippen LogP contribution in [0.25, 0.3) is 0 Å². The van der Waals surface area contributed by atoms with Gasteiger partial charge in [0.25, 0.3) is 5.91 Å². The van der Waals surface area contributed by atoms with Gasteiger partial charge in [0.15, 0.2) is 6.10 Å². The molecular formula is C19H21NO4. The minimum absolute atomic E-state index is 0.186. The molecule has 1 aliphatic heterocycles. The second-order valence-corrected chi connectivity index (χ2v) is 5.81. The number of rotatable bonds is 4. The summed E-state index contributed by atoms with van der Waals surface area (Å²) in [7, 11) is 3.14. The number of carbonyl (C=O) groups excluding carboxylic acids is 1. The second-order valence-electron chi connectivity index (χ2n) is 5.81. The standard InChI is InChI=1S/C19H21NO4/c1-12-4-5-13-6-8-17(24-18(13)10-12)19(21)20-15-11-14(22-2)7-9-16(15)23-3/h4-5,7,9-11,17H,6,8H2,1-3H3,(H,20,21). The van der Waals surface area contributed by atoms with E-state index in [4.69, 9.17) is 14.2 Å². The Bertz CT molecular complexity index is 757. The lowest BCUT2D eigenvalue weighted by Crippen LogP contribution is -2.35. The van der Waals surface area contributed by atoms with Crippen molar-refractivity contribution in [1.29, 1.82) is 0 Å². The van der Waals surface area contributed by atoms with Crippen molar-refractivity contribution in [2.24, 2.45) is 0 Å². The Hall–Kier alpha value is -2.69. The van der Waals surface area contributed by atoms with Crippen LogP contribution in [0, 0.1) is 6.92 Å². The van der Waals surface area contributed by atoms with Gasteiger partial charge in [-0.3, -0.25) is 4.79 Å². The van der Waals surface area contributed by atoms with Gasteiger partial charge in [0.05, 0.1) is 19.9 Å². The average molecular weight is 327 g/mol. The maximum Gasteiger partial charge on any atom is 0.265 e. The highest BCUT2D eigenvalue weighted by Crippen LogP contribution is 2.31. The molecule has 1 amide bonds. The maximum atomic E-state index is 12.6. The van der Waals surface area contributed by atoms with Crippen molar-refractivity contribution in [2.75, 3.05) is 19.5 Å². The van der Waals surface area contributed by atoms with Crippen molar-refractivity contribution >= 4 is 11.6 Å². The molecule has 0 spiro atoms. The molecule has 5 nitrogen and oxygen atoms in total. The first-order valence-electron chi connectivity index (χ1n) is 7.90. The zero-order chi connectivity index (χ0) is 17.1. The molecule has 0 radical (unpaired) electrons. The molecule has 1 N–H and O–H groups in total. The summed E-state index contributed by atoms with van der Waals surface area (Å²) in [5.41, 5.74) is 2.83. The topological polar surface area (TPSA) is 56.8 Å². The predicted octanol–water partition coefficient (Wildman–Crippen LogP) is 3.34. The van der Waals surface area contributed by atoms with Gasteiger partial charge in [-0.05, 0) is 49.1 Å². The number of benzene rings is 2. The Morgan fingerprint density at radius 1 is 1.17 bits per heavy atom. The summed E-state index contributed by atoms with van der Waals surface area (Å²) >= 11 is 0.